The first-order chi connectivity index (χ1) is 21.1. The highest BCUT2D eigenvalue weighted by molar-refractivity contribution is 7.92. The molecule has 1 saturated carbocycles. The Bertz CT molecular complexity index is 1550. The molecule has 3 aromatic rings. The van der Waals surface area contributed by atoms with Gasteiger partial charge in [-0.2, -0.15) is 0 Å². The highest BCUT2D eigenvalue weighted by Crippen LogP contribution is 2.36. The molecule has 0 aromatic heterocycles. The fourth-order valence-electron chi connectivity index (χ4n) is 5.64. The molecule has 2 amide bonds. The molecule has 0 aliphatic heterocycles. The van der Waals surface area contributed by atoms with Crippen LogP contribution in [0.4, 0.5) is 5.69 Å². The van der Waals surface area contributed by atoms with Gasteiger partial charge in [-0.05, 0) is 62.9 Å². The number of benzene rings is 3. The molecule has 1 aliphatic rings. The van der Waals surface area contributed by atoms with Crippen LogP contribution in [0, 0.1) is 13.8 Å². The Morgan fingerprint density at radius 3 is 2.25 bits per heavy atom. The van der Waals surface area contributed by atoms with Crippen LogP contribution >= 0.6 is 0 Å². The smallest absolute Gasteiger partial charge is 0.264 e. The topological polar surface area (TPSA) is 105 Å². The minimum Gasteiger partial charge on any atom is -0.497 e. The van der Waals surface area contributed by atoms with Gasteiger partial charge in [-0.3, -0.25) is 13.9 Å². The van der Waals surface area contributed by atoms with Crippen LogP contribution in [0.15, 0.2) is 71.6 Å². The van der Waals surface area contributed by atoms with Crippen LogP contribution in [0.2, 0.25) is 0 Å². The number of carbonyl (C=O) groups is 2. The van der Waals surface area contributed by atoms with Crippen molar-refractivity contribution in [3.8, 4) is 11.5 Å². The van der Waals surface area contributed by atoms with E-state index in [0.717, 1.165) is 46.7 Å². The fourth-order valence-corrected chi connectivity index (χ4v) is 7.05. The Morgan fingerprint density at radius 1 is 0.932 bits per heavy atom. The number of anilines is 1. The zero-order chi connectivity index (χ0) is 31.9. The molecule has 0 saturated heterocycles. The second-order valence-electron chi connectivity index (χ2n) is 11.3. The van der Waals surface area contributed by atoms with E-state index in [-0.39, 0.29) is 34.8 Å². The summed E-state index contributed by atoms with van der Waals surface area (Å²) in [4.78, 5) is 29.6. The van der Waals surface area contributed by atoms with E-state index in [2.05, 4.69) is 5.32 Å². The number of amides is 2. The molecule has 0 unspecified atom stereocenters. The number of methoxy groups -OCH3 is 2. The lowest BCUT2D eigenvalue weighted by Gasteiger charge is -2.34. The van der Waals surface area contributed by atoms with E-state index in [1.165, 1.54) is 37.3 Å². The van der Waals surface area contributed by atoms with E-state index in [1.807, 2.05) is 45.0 Å². The zero-order valence-corrected chi connectivity index (χ0v) is 27.0. The number of nitrogens with one attached hydrogen (secondary N) is 1. The highest BCUT2D eigenvalue weighted by atomic mass is 32.2. The lowest BCUT2D eigenvalue weighted by atomic mass is 10.1. The van der Waals surface area contributed by atoms with Gasteiger partial charge < -0.3 is 19.7 Å². The van der Waals surface area contributed by atoms with Crippen LogP contribution in [0.25, 0.3) is 0 Å². The van der Waals surface area contributed by atoms with Crippen molar-refractivity contribution in [2.24, 2.45) is 0 Å². The monoisotopic (exact) mass is 621 g/mol. The summed E-state index contributed by atoms with van der Waals surface area (Å²) in [5.41, 5.74) is 2.91. The summed E-state index contributed by atoms with van der Waals surface area (Å²) in [6, 6.07) is 18.3. The first kappa shape index (κ1) is 32.9. The third-order valence-electron chi connectivity index (χ3n) is 8.07. The molecular formula is C34H43N3O6S. The fraction of sp³-hybridized carbons (Fsp3) is 0.412. The van der Waals surface area contributed by atoms with E-state index in [0.29, 0.717) is 12.2 Å². The van der Waals surface area contributed by atoms with Crippen molar-refractivity contribution in [1.82, 2.24) is 10.2 Å². The number of sulfonamides is 1. The largest absolute Gasteiger partial charge is 0.497 e. The predicted octanol–water partition coefficient (Wildman–Crippen LogP) is 5.38. The Kier molecular flexibility index (Phi) is 10.9. The Labute approximate surface area is 261 Å². The first-order valence-electron chi connectivity index (χ1n) is 15.0. The summed E-state index contributed by atoms with van der Waals surface area (Å²) in [6.07, 6.45) is 4.30. The number of hydrogen-bond acceptors (Lipinski definition) is 6. The maximum atomic E-state index is 14.4. The average Bonchev–Trinajstić information content (AvgIpc) is 3.52. The summed E-state index contributed by atoms with van der Waals surface area (Å²) >= 11 is 0. The molecule has 4 rings (SSSR count). The molecule has 236 valence electrons. The van der Waals surface area contributed by atoms with Crippen LogP contribution in [0.1, 0.15) is 55.7 Å². The number of carbonyl (C=O) groups excluding carboxylic acids is 2. The summed E-state index contributed by atoms with van der Waals surface area (Å²) in [5.74, 6) is -0.0883. The van der Waals surface area contributed by atoms with E-state index in [1.54, 1.807) is 24.3 Å². The van der Waals surface area contributed by atoms with Crippen molar-refractivity contribution < 1.29 is 27.5 Å². The molecule has 0 heterocycles. The Balaban J connectivity index is 1.78. The molecule has 0 radical (unpaired) electrons. The van der Waals surface area contributed by atoms with E-state index in [9.17, 15) is 18.0 Å². The first-order valence-corrected chi connectivity index (χ1v) is 16.5. The van der Waals surface area contributed by atoms with Crippen LogP contribution in [0.5, 0.6) is 11.5 Å². The molecule has 1 atom stereocenters. The summed E-state index contributed by atoms with van der Waals surface area (Å²) in [5, 5.41) is 3.14. The molecule has 44 heavy (non-hydrogen) atoms. The van der Waals surface area contributed by atoms with Crippen molar-refractivity contribution in [2.75, 3.05) is 25.1 Å². The van der Waals surface area contributed by atoms with Gasteiger partial charge in [0.2, 0.25) is 11.8 Å². The zero-order valence-electron chi connectivity index (χ0n) is 26.2. The third kappa shape index (κ3) is 7.72. The van der Waals surface area contributed by atoms with Gasteiger partial charge in [0.05, 0.1) is 24.8 Å². The van der Waals surface area contributed by atoms with Gasteiger partial charge in [-0.15, -0.1) is 0 Å². The van der Waals surface area contributed by atoms with E-state index >= 15 is 0 Å². The van der Waals surface area contributed by atoms with E-state index in [4.69, 9.17) is 9.47 Å². The van der Waals surface area contributed by atoms with Crippen molar-refractivity contribution in [3.05, 3.63) is 83.4 Å². The average molecular weight is 622 g/mol. The van der Waals surface area contributed by atoms with Crippen LogP contribution in [-0.2, 0) is 26.2 Å². The molecule has 0 bridgehead atoms. The van der Waals surface area contributed by atoms with Crippen LogP contribution < -0.4 is 19.1 Å². The molecule has 0 spiro atoms. The van der Waals surface area contributed by atoms with Crippen molar-refractivity contribution in [3.63, 3.8) is 0 Å². The van der Waals surface area contributed by atoms with Crippen molar-refractivity contribution in [1.29, 1.82) is 0 Å². The third-order valence-corrected chi connectivity index (χ3v) is 9.84. The second-order valence-corrected chi connectivity index (χ2v) is 13.1. The SMILES string of the molecule is CC[C@@H](C(=O)NC1CCCC1)N(Cc1cccc(C)c1)C(=O)CN(c1cc(OC)ccc1OC)S(=O)(=O)c1ccc(C)cc1. The number of nitrogens with zero attached hydrogens (tertiary/aromatic N) is 2. The van der Waals surface area contributed by atoms with Crippen LogP contribution in [-0.4, -0.2) is 58.0 Å². The molecule has 1 fully saturated rings. The van der Waals surface area contributed by atoms with Gasteiger partial charge in [0.15, 0.2) is 0 Å². The van der Waals surface area contributed by atoms with Gasteiger partial charge in [-0.25, -0.2) is 8.42 Å². The van der Waals surface area contributed by atoms with Gasteiger partial charge >= 0.3 is 0 Å². The van der Waals surface area contributed by atoms with Crippen molar-refractivity contribution in [2.45, 2.75) is 76.4 Å². The lowest BCUT2D eigenvalue weighted by molar-refractivity contribution is -0.140. The molecule has 9 nitrogen and oxygen atoms in total. The number of aryl methyl sites for hydroxylation is 2. The van der Waals surface area contributed by atoms with Gasteiger partial charge in [0.25, 0.3) is 10.0 Å². The second kappa shape index (κ2) is 14.6. The Hall–Kier alpha value is -4.05. The number of hydrogen-bond donors (Lipinski definition) is 1. The van der Waals surface area contributed by atoms with Gasteiger partial charge in [0.1, 0.15) is 24.1 Å². The van der Waals surface area contributed by atoms with Crippen LogP contribution in [0.3, 0.4) is 0 Å². The molecule has 3 aromatic carbocycles. The Morgan fingerprint density at radius 2 is 1.64 bits per heavy atom. The minimum atomic E-state index is -4.26. The van der Waals surface area contributed by atoms with E-state index < -0.39 is 28.5 Å². The molecule has 1 aliphatic carbocycles. The lowest BCUT2D eigenvalue weighted by Crippen LogP contribution is -2.53. The molecular weight excluding hydrogens is 578 g/mol. The molecule has 10 heteroatoms. The predicted molar refractivity (Wildman–Crippen MR) is 171 cm³/mol. The molecule has 1 N–H and O–H groups in total. The quantitative estimate of drug-likeness (QED) is 0.275. The number of ether oxygens (including phenoxy) is 2. The maximum absolute atomic E-state index is 14.4. The maximum Gasteiger partial charge on any atom is 0.264 e. The van der Waals surface area contributed by atoms with Crippen molar-refractivity contribution >= 4 is 27.5 Å². The van der Waals surface area contributed by atoms with Gasteiger partial charge in [-0.1, -0.05) is 67.3 Å². The summed E-state index contributed by atoms with van der Waals surface area (Å²) in [7, 11) is -1.34. The normalized spacial score (nSPS) is 14.1. The standard InChI is InChI=1S/C34H43N3O6S/c1-6-30(34(39)35-27-12-7-8-13-27)36(22-26-11-9-10-25(3)20-26)33(38)23-37(31-21-28(42-4)16-19-32(31)43-5)44(40,41)29-17-14-24(2)15-18-29/h9-11,14-21,27,30H,6-8,12-13,22-23H2,1-5H3,(H,35,39)/t30-/m0/s1. The summed E-state index contributed by atoms with van der Waals surface area (Å²) in [6.45, 7) is 5.28. The summed E-state index contributed by atoms with van der Waals surface area (Å²) < 4.78 is 40.5. The van der Waals surface area contributed by atoms with Gasteiger partial charge in [0, 0.05) is 18.7 Å². The number of rotatable bonds is 13. The highest BCUT2D eigenvalue weighted by Gasteiger charge is 2.35. The minimum absolute atomic E-state index is 0.0250.